The first kappa shape index (κ1) is 21.7. The van der Waals surface area contributed by atoms with Crippen LogP contribution in [0, 0.1) is 5.41 Å². The van der Waals surface area contributed by atoms with Crippen molar-refractivity contribution in [1.29, 1.82) is 0 Å². The zero-order chi connectivity index (χ0) is 22.3. The van der Waals surface area contributed by atoms with E-state index < -0.39 is 5.92 Å². The number of ketones is 1. The summed E-state index contributed by atoms with van der Waals surface area (Å²) >= 11 is 1.40. The van der Waals surface area contributed by atoms with Crippen molar-refractivity contribution >= 4 is 29.1 Å². The molecule has 1 aliphatic heterocycles. The van der Waals surface area contributed by atoms with Gasteiger partial charge in [0.2, 0.25) is 0 Å². The van der Waals surface area contributed by atoms with Crippen molar-refractivity contribution in [1.82, 2.24) is 9.97 Å². The van der Waals surface area contributed by atoms with Crippen molar-refractivity contribution in [3.8, 4) is 0 Å². The fourth-order valence-corrected chi connectivity index (χ4v) is 5.17. The van der Waals surface area contributed by atoms with Crippen LogP contribution in [0.3, 0.4) is 0 Å². The number of nitrogens with one attached hydrogen (secondary N) is 2. The highest BCUT2D eigenvalue weighted by atomic mass is 32.2. The Bertz CT molecular complexity index is 1100. The summed E-state index contributed by atoms with van der Waals surface area (Å²) in [4.78, 5) is 36.2. The zero-order valence-electron chi connectivity index (χ0n) is 18.8. The molecule has 0 amide bonds. The highest BCUT2D eigenvalue weighted by molar-refractivity contribution is 7.98. The number of hydrogen-bond donors (Lipinski definition) is 2. The van der Waals surface area contributed by atoms with Crippen LogP contribution in [0.5, 0.6) is 0 Å². The third kappa shape index (κ3) is 3.91. The molecule has 2 N–H and O–H groups in total. The molecule has 2 aliphatic rings. The number of rotatable bonds is 5. The van der Waals surface area contributed by atoms with E-state index in [0.29, 0.717) is 28.5 Å². The minimum absolute atomic E-state index is 0.107. The molecule has 7 heteroatoms. The van der Waals surface area contributed by atoms with Gasteiger partial charge in [0.05, 0.1) is 5.56 Å². The van der Waals surface area contributed by atoms with Crippen LogP contribution in [-0.4, -0.2) is 35.1 Å². The van der Waals surface area contributed by atoms with Gasteiger partial charge < -0.3 is 15.2 Å². The van der Waals surface area contributed by atoms with Crippen molar-refractivity contribution in [2.45, 2.75) is 51.6 Å². The third-order valence-electron chi connectivity index (χ3n) is 6.25. The van der Waals surface area contributed by atoms with Gasteiger partial charge in [-0.2, -0.15) is 0 Å². The molecule has 0 bridgehead atoms. The Balaban J connectivity index is 1.89. The van der Waals surface area contributed by atoms with Gasteiger partial charge in [0, 0.05) is 42.4 Å². The number of aromatic amines is 1. The van der Waals surface area contributed by atoms with E-state index in [0.717, 1.165) is 36.5 Å². The molecule has 164 valence electrons. The normalized spacial score (nSPS) is 19.5. The molecule has 0 saturated carbocycles. The summed E-state index contributed by atoms with van der Waals surface area (Å²) < 4.78 is 0. The maximum Gasteiger partial charge on any atom is 0.257 e. The highest BCUT2D eigenvalue weighted by Crippen LogP contribution is 2.47. The lowest BCUT2D eigenvalue weighted by Crippen LogP contribution is -2.37. The van der Waals surface area contributed by atoms with Crippen LogP contribution in [0.4, 0.5) is 11.5 Å². The van der Waals surface area contributed by atoms with Crippen LogP contribution in [0.25, 0.3) is 0 Å². The molecular formula is C24H30N4O2S. The van der Waals surface area contributed by atoms with Gasteiger partial charge in [-0.15, -0.1) is 0 Å². The van der Waals surface area contributed by atoms with Crippen LogP contribution >= 0.6 is 11.8 Å². The van der Waals surface area contributed by atoms with E-state index in [1.165, 1.54) is 11.8 Å². The summed E-state index contributed by atoms with van der Waals surface area (Å²) in [6.45, 7) is 10.3. The Morgan fingerprint density at radius 2 is 1.81 bits per heavy atom. The first-order chi connectivity index (χ1) is 14.8. The van der Waals surface area contributed by atoms with E-state index in [1.807, 2.05) is 18.4 Å². The van der Waals surface area contributed by atoms with E-state index in [2.05, 4.69) is 60.0 Å². The molecule has 1 atom stereocenters. The predicted molar refractivity (Wildman–Crippen MR) is 127 cm³/mol. The Kier molecular flexibility index (Phi) is 5.73. The summed E-state index contributed by atoms with van der Waals surface area (Å²) in [5.41, 5.74) is 3.91. The molecule has 31 heavy (non-hydrogen) atoms. The van der Waals surface area contributed by atoms with Gasteiger partial charge in [0.15, 0.2) is 10.9 Å². The predicted octanol–water partition coefficient (Wildman–Crippen LogP) is 4.54. The molecule has 6 nitrogen and oxygen atoms in total. The van der Waals surface area contributed by atoms with Gasteiger partial charge in [-0.05, 0) is 49.6 Å². The monoisotopic (exact) mass is 438 g/mol. The molecule has 0 spiro atoms. The number of carbonyl (C=O) groups is 1. The van der Waals surface area contributed by atoms with E-state index in [4.69, 9.17) is 0 Å². The number of fused-ring (bicyclic) bond motifs is 1. The fraction of sp³-hybridized carbons (Fsp3) is 0.458. The van der Waals surface area contributed by atoms with E-state index in [1.54, 1.807) is 0 Å². The average Bonchev–Trinajstić information content (AvgIpc) is 2.72. The van der Waals surface area contributed by atoms with Gasteiger partial charge in [-0.3, -0.25) is 9.59 Å². The summed E-state index contributed by atoms with van der Waals surface area (Å²) in [5, 5.41) is 3.92. The molecule has 1 aliphatic carbocycles. The van der Waals surface area contributed by atoms with Crippen molar-refractivity contribution in [2.24, 2.45) is 5.41 Å². The summed E-state index contributed by atoms with van der Waals surface area (Å²) in [5.74, 6) is 0.262. The SMILES string of the molecule is CCN(CC)c1ccc(C2C3=C(CC(C)(C)CC3=O)Nc3nc(SC)[nH]c(=O)c32)cc1. The van der Waals surface area contributed by atoms with Crippen LogP contribution in [0.2, 0.25) is 0 Å². The largest absolute Gasteiger partial charge is 0.372 e. The smallest absolute Gasteiger partial charge is 0.257 e. The number of thioether (sulfide) groups is 1. The number of Topliss-reactive ketones (excluding diaryl/α,β-unsaturated/α-hetero) is 1. The molecular weight excluding hydrogens is 408 g/mol. The first-order valence-electron chi connectivity index (χ1n) is 10.8. The molecule has 0 saturated heterocycles. The Labute approximate surface area is 187 Å². The number of benzene rings is 1. The van der Waals surface area contributed by atoms with Gasteiger partial charge in [0.1, 0.15) is 5.82 Å². The molecule has 1 aromatic carbocycles. The molecule has 1 aromatic heterocycles. The van der Waals surface area contributed by atoms with E-state index >= 15 is 0 Å². The zero-order valence-corrected chi connectivity index (χ0v) is 19.7. The van der Waals surface area contributed by atoms with Gasteiger partial charge in [0.25, 0.3) is 5.56 Å². The number of allylic oxidation sites excluding steroid dienone is 2. The van der Waals surface area contributed by atoms with Crippen LogP contribution in [-0.2, 0) is 4.79 Å². The summed E-state index contributed by atoms with van der Waals surface area (Å²) in [6.07, 6.45) is 3.12. The van der Waals surface area contributed by atoms with Crippen LogP contribution in [0.15, 0.2) is 45.5 Å². The lowest BCUT2D eigenvalue weighted by Gasteiger charge is -2.38. The maximum atomic E-state index is 13.3. The summed E-state index contributed by atoms with van der Waals surface area (Å²) in [7, 11) is 0. The number of H-pyrrole nitrogens is 1. The van der Waals surface area contributed by atoms with Gasteiger partial charge in [-0.25, -0.2) is 4.98 Å². The second kappa shape index (κ2) is 8.19. The van der Waals surface area contributed by atoms with Crippen molar-refractivity contribution in [2.75, 3.05) is 29.6 Å². The second-order valence-electron chi connectivity index (χ2n) is 8.99. The summed E-state index contributed by atoms with van der Waals surface area (Å²) in [6, 6.07) is 8.26. The highest BCUT2D eigenvalue weighted by Gasteiger charge is 2.42. The molecule has 0 radical (unpaired) electrons. The number of anilines is 2. The van der Waals surface area contributed by atoms with Gasteiger partial charge >= 0.3 is 0 Å². The van der Waals surface area contributed by atoms with Crippen molar-refractivity contribution in [3.05, 3.63) is 57.0 Å². The lowest BCUT2D eigenvalue weighted by molar-refractivity contribution is -0.118. The molecule has 0 fully saturated rings. The molecule has 2 heterocycles. The minimum atomic E-state index is -0.409. The van der Waals surface area contributed by atoms with Crippen molar-refractivity contribution in [3.63, 3.8) is 0 Å². The standard InChI is InChI=1S/C24H30N4O2S/c1-6-28(7-2)15-10-8-14(9-11-15)18-19-16(12-24(3,4)13-17(19)29)25-21-20(18)22(30)27-23(26-21)31-5/h8-11,18H,6-7,12-13H2,1-5H3,(H2,25,26,27,30). The van der Waals surface area contributed by atoms with Crippen molar-refractivity contribution < 1.29 is 4.79 Å². The Morgan fingerprint density at radius 1 is 1.13 bits per heavy atom. The number of carbonyl (C=O) groups excluding carboxylic acids is 1. The van der Waals surface area contributed by atoms with E-state index in [9.17, 15) is 9.59 Å². The number of hydrogen-bond acceptors (Lipinski definition) is 6. The molecule has 4 rings (SSSR count). The second-order valence-corrected chi connectivity index (χ2v) is 9.79. The van der Waals surface area contributed by atoms with Crippen LogP contribution in [0.1, 0.15) is 57.6 Å². The first-order valence-corrected chi connectivity index (χ1v) is 12.1. The van der Waals surface area contributed by atoms with E-state index in [-0.39, 0.29) is 16.8 Å². The Morgan fingerprint density at radius 3 is 2.42 bits per heavy atom. The minimum Gasteiger partial charge on any atom is -0.372 e. The molecule has 1 unspecified atom stereocenters. The number of nitrogens with zero attached hydrogens (tertiary/aromatic N) is 2. The third-order valence-corrected chi connectivity index (χ3v) is 6.83. The van der Waals surface area contributed by atoms with Crippen LogP contribution < -0.4 is 15.8 Å². The molecule has 2 aromatic rings. The topological polar surface area (TPSA) is 78.1 Å². The maximum absolute atomic E-state index is 13.3. The average molecular weight is 439 g/mol. The number of aromatic nitrogens is 2. The quantitative estimate of drug-likeness (QED) is 0.527. The fourth-order valence-electron chi connectivity index (χ4n) is 4.79. The Hall–Kier alpha value is -2.54. The lowest BCUT2D eigenvalue weighted by atomic mass is 9.69. The van der Waals surface area contributed by atoms with Gasteiger partial charge in [-0.1, -0.05) is 37.7 Å².